The van der Waals surface area contributed by atoms with Gasteiger partial charge in [-0.15, -0.1) is 0 Å². The molecule has 0 aliphatic rings. The molecule has 17 heavy (non-hydrogen) atoms. The van der Waals surface area contributed by atoms with E-state index in [1.807, 2.05) is 0 Å². The predicted octanol–water partition coefficient (Wildman–Crippen LogP) is 2.96. The van der Waals surface area contributed by atoms with Crippen LogP contribution < -0.4 is 0 Å². The zero-order chi connectivity index (χ0) is 12.4. The Hall–Kier alpha value is -1.46. The summed E-state index contributed by atoms with van der Waals surface area (Å²) >= 11 is 5.92. The predicted molar refractivity (Wildman–Crippen MR) is 59.5 cm³/mol. The third-order valence-corrected chi connectivity index (χ3v) is 2.66. The van der Waals surface area contributed by atoms with Crippen LogP contribution in [0.4, 0.5) is 8.78 Å². The number of para-hydroxylation sites is 1. The smallest absolute Gasteiger partial charge is 0.280 e. The summed E-state index contributed by atoms with van der Waals surface area (Å²) in [5, 5.41) is 13.1. The Balaban J connectivity index is 2.60. The molecule has 3 nitrogen and oxygen atoms in total. The van der Waals surface area contributed by atoms with Gasteiger partial charge in [0.25, 0.3) is 6.43 Å². The highest BCUT2D eigenvalue weighted by atomic mass is 35.5. The normalized spacial score (nSPS) is 11.1. The number of aromatic nitrogens is 2. The van der Waals surface area contributed by atoms with Gasteiger partial charge in [0.05, 0.1) is 23.5 Å². The van der Waals surface area contributed by atoms with E-state index in [-0.39, 0.29) is 11.3 Å². The van der Waals surface area contributed by atoms with Gasteiger partial charge in [0.15, 0.2) is 0 Å². The van der Waals surface area contributed by atoms with Gasteiger partial charge in [-0.05, 0) is 12.1 Å². The maximum atomic E-state index is 12.9. The van der Waals surface area contributed by atoms with Crippen LogP contribution in [0.5, 0.6) is 0 Å². The van der Waals surface area contributed by atoms with E-state index in [0.29, 0.717) is 10.7 Å². The molecule has 2 aromatic rings. The lowest BCUT2D eigenvalue weighted by Gasteiger charge is -2.09. The highest BCUT2D eigenvalue weighted by Gasteiger charge is 2.21. The van der Waals surface area contributed by atoms with Crippen molar-refractivity contribution in [3.63, 3.8) is 0 Å². The molecule has 0 aliphatic carbocycles. The fourth-order valence-electron chi connectivity index (χ4n) is 1.56. The molecule has 0 fully saturated rings. The number of alkyl halides is 2. The quantitative estimate of drug-likeness (QED) is 0.919. The Labute approximate surface area is 101 Å². The molecule has 6 heteroatoms. The largest absolute Gasteiger partial charge is 0.392 e. The summed E-state index contributed by atoms with van der Waals surface area (Å²) in [5.74, 6) is 0. The fraction of sp³-hybridized carbons (Fsp3) is 0.182. The molecule has 0 unspecified atom stereocenters. The first-order chi connectivity index (χ1) is 8.15. The molecule has 0 radical (unpaired) electrons. The Bertz CT molecular complexity index is 528. The van der Waals surface area contributed by atoms with E-state index >= 15 is 0 Å². The summed E-state index contributed by atoms with van der Waals surface area (Å²) in [5.41, 5.74) is 0.129. The third kappa shape index (κ3) is 2.16. The number of rotatable bonds is 3. The highest BCUT2D eigenvalue weighted by Crippen LogP contribution is 2.28. The van der Waals surface area contributed by atoms with Crippen LogP contribution in [0.25, 0.3) is 5.69 Å². The maximum absolute atomic E-state index is 12.9. The molecule has 1 N–H and O–H groups in total. The topological polar surface area (TPSA) is 38.1 Å². The second kappa shape index (κ2) is 4.81. The van der Waals surface area contributed by atoms with Crippen molar-refractivity contribution >= 4 is 11.6 Å². The molecule has 0 saturated carbocycles. The average molecular weight is 259 g/mol. The van der Waals surface area contributed by atoms with Crippen molar-refractivity contribution in [1.29, 1.82) is 0 Å². The monoisotopic (exact) mass is 258 g/mol. The first kappa shape index (κ1) is 12.0. The Morgan fingerprint density at radius 3 is 2.65 bits per heavy atom. The van der Waals surface area contributed by atoms with Crippen LogP contribution >= 0.6 is 11.6 Å². The van der Waals surface area contributed by atoms with Gasteiger partial charge in [0.2, 0.25) is 0 Å². The molecule has 1 aromatic heterocycles. The van der Waals surface area contributed by atoms with Gasteiger partial charge in [0, 0.05) is 5.56 Å². The molecule has 2 rings (SSSR count). The molecule has 0 amide bonds. The second-order valence-corrected chi connectivity index (χ2v) is 3.78. The minimum absolute atomic E-state index is 0.0971. The summed E-state index contributed by atoms with van der Waals surface area (Å²) < 4.78 is 26.9. The lowest BCUT2D eigenvalue weighted by molar-refractivity contribution is 0.139. The number of nitrogens with zero attached hydrogens (tertiary/aromatic N) is 2. The number of aliphatic hydroxyl groups excluding tert-OH is 1. The maximum Gasteiger partial charge on any atom is 0.280 e. The molecule has 0 saturated heterocycles. The lowest BCUT2D eigenvalue weighted by Crippen LogP contribution is -2.05. The number of aliphatic hydroxyl groups is 1. The number of hydrogen-bond donors (Lipinski definition) is 1. The number of hydrogen-bond acceptors (Lipinski definition) is 2. The Morgan fingerprint density at radius 1 is 1.35 bits per heavy atom. The molecule has 90 valence electrons. The van der Waals surface area contributed by atoms with Gasteiger partial charge >= 0.3 is 0 Å². The van der Waals surface area contributed by atoms with Gasteiger partial charge < -0.3 is 5.11 Å². The van der Waals surface area contributed by atoms with Crippen LogP contribution in [-0.2, 0) is 6.61 Å². The zero-order valence-corrected chi connectivity index (χ0v) is 9.40. The van der Waals surface area contributed by atoms with Crippen molar-refractivity contribution in [2.75, 3.05) is 0 Å². The van der Waals surface area contributed by atoms with Crippen LogP contribution in [0.2, 0.25) is 5.02 Å². The SMILES string of the molecule is OCc1cnn(-c2ccccc2Cl)c1C(F)F. The molecule has 0 bridgehead atoms. The van der Waals surface area contributed by atoms with E-state index in [0.717, 1.165) is 4.68 Å². The summed E-state index contributed by atoms with van der Waals surface area (Å²) in [6, 6.07) is 6.55. The van der Waals surface area contributed by atoms with Gasteiger partial charge in [-0.3, -0.25) is 0 Å². The average Bonchev–Trinajstić information content (AvgIpc) is 2.73. The first-order valence-electron chi connectivity index (χ1n) is 4.86. The van der Waals surface area contributed by atoms with Crippen molar-refractivity contribution in [3.05, 3.63) is 46.7 Å². The number of benzene rings is 1. The van der Waals surface area contributed by atoms with E-state index in [1.165, 1.54) is 6.20 Å². The molecular weight excluding hydrogens is 250 g/mol. The van der Waals surface area contributed by atoms with E-state index in [4.69, 9.17) is 16.7 Å². The van der Waals surface area contributed by atoms with Crippen LogP contribution in [0.1, 0.15) is 17.7 Å². The standard InChI is InChI=1S/C11H9ClF2N2O/c12-8-3-1-2-4-9(8)16-10(11(13)14)7(6-17)5-15-16/h1-5,11,17H,6H2. The van der Waals surface area contributed by atoms with Gasteiger partial charge in [0.1, 0.15) is 5.69 Å². The van der Waals surface area contributed by atoms with E-state index in [2.05, 4.69) is 5.10 Å². The van der Waals surface area contributed by atoms with Gasteiger partial charge in [-0.1, -0.05) is 23.7 Å². The van der Waals surface area contributed by atoms with E-state index in [9.17, 15) is 8.78 Å². The summed E-state index contributed by atoms with van der Waals surface area (Å²) in [4.78, 5) is 0. The van der Waals surface area contributed by atoms with Crippen LogP contribution in [-0.4, -0.2) is 14.9 Å². The van der Waals surface area contributed by atoms with Gasteiger partial charge in [-0.25, -0.2) is 13.5 Å². The number of halogens is 3. The lowest BCUT2D eigenvalue weighted by atomic mass is 10.2. The third-order valence-electron chi connectivity index (χ3n) is 2.34. The second-order valence-electron chi connectivity index (χ2n) is 3.38. The Morgan fingerprint density at radius 2 is 2.06 bits per heavy atom. The minimum atomic E-state index is -2.73. The van der Waals surface area contributed by atoms with Crippen molar-refractivity contribution in [3.8, 4) is 5.69 Å². The molecule has 0 atom stereocenters. The summed E-state index contributed by atoms with van der Waals surface area (Å²) in [6.45, 7) is -0.482. The highest BCUT2D eigenvalue weighted by molar-refractivity contribution is 6.32. The minimum Gasteiger partial charge on any atom is -0.392 e. The van der Waals surface area contributed by atoms with Gasteiger partial charge in [-0.2, -0.15) is 5.10 Å². The summed E-state index contributed by atoms with van der Waals surface area (Å²) in [7, 11) is 0. The van der Waals surface area contributed by atoms with Crippen molar-refractivity contribution in [2.24, 2.45) is 0 Å². The fourth-order valence-corrected chi connectivity index (χ4v) is 1.78. The molecule has 0 spiro atoms. The molecule has 1 aromatic carbocycles. The van der Waals surface area contributed by atoms with Crippen molar-refractivity contribution in [1.82, 2.24) is 9.78 Å². The van der Waals surface area contributed by atoms with Crippen molar-refractivity contribution in [2.45, 2.75) is 13.0 Å². The Kier molecular flexibility index (Phi) is 3.40. The van der Waals surface area contributed by atoms with Crippen LogP contribution in [0.15, 0.2) is 30.5 Å². The molecular formula is C11H9ClF2N2O. The van der Waals surface area contributed by atoms with E-state index in [1.54, 1.807) is 24.3 Å². The molecule has 1 heterocycles. The van der Waals surface area contributed by atoms with Crippen molar-refractivity contribution < 1.29 is 13.9 Å². The first-order valence-corrected chi connectivity index (χ1v) is 5.23. The zero-order valence-electron chi connectivity index (χ0n) is 8.65. The summed E-state index contributed by atoms with van der Waals surface area (Å²) in [6.07, 6.45) is -1.51. The van der Waals surface area contributed by atoms with Crippen LogP contribution in [0, 0.1) is 0 Å². The van der Waals surface area contributed by atoms with Crippen LogP contribution in [0.3, 0.4) is 0 Å². The molecule has 0 aliphatic heterocycles. The van der Waals surface area contributed by atoms with E-state index < -0.39 is 13.0 Å².